The van der Waals surface area contributed by atoms with Crippen LogP contribution in [0.3, 0.4) is 0 Å². The van der Waals surface area contributed by atoms with Crippen LogP contribution in [-0.2, 0) is 12.4 Å². The number of hydrogen-bond donors (Lipinski definition) is 1. The molecular weight excluding hydrogens is 392 g/mol. The lowest BCUT2D eigenvalue weighted by Gasteiger charge is -2.04. The molecule has 1 N–H and O–H groups in total. The molecule has 0 aliphatic heterocycles. The van der Waals surface area contributed by atoms with E-state index >= 15 is 0 Å². The van der Waals surface area contributed by atoms with Crippen molar-refractivity contribution in [1.82, 2.24) is 9.97 Å². The predicted octanol–water partition coefficient (Wildman–Crippen LogP) is 5.04. The number of aromatic nitrogens is 2. The monoisotopic (exact) mass is 397 g/mol. The molecule has 0 atom stereocenters. The van der Waals surface area contributed by atoms with E-state index in [1.807, 2.05) is 0 Å². The Hall–Kier alpha value is -2.21. The zero-order valence-electron chi connectivity index (χ0n) is 11.7. The molecule has 0 fully saturated rings. The third kappa shape index (κ3) is 3.74. The highest BCUT2D eigenvalue weighted by atomic mass is 32.1. The van der Waals surface area contributed by atoms with Crippen LogP contribution in [0.5, 0.6) is 0 Å². The van der Waals surface area contributed by atoms with Gasteiger partial charge >= 0.3 is 12.4 Å². The van der Waals surface area contributed by atoms with E-state index in [-0.39, 0.29) is 31.6 Å². The Kier molecular flexibility index (Phi) is 4.19. The number of benzene rings is 1. The van der Waals surface area contributed by atoms with E-state index in [2.05, 4.69) is 15.3 Å². The number of halogens is 6. The number of amides is 1. The van der Waals surface area contributed by atoms with Gasteiger partial charge in [0.15, 0.2) is 10.1 Å². The fourth-order valence-electron chi connectivity index (χ4n) is 1.82. The molecule has 0 radical (unpaired) electrons. The Labute approximate surface area is 143 Å². The van der Waals surface area contributed by atoms with Gasteiger partial charge in [-0.1, -0.05) is 11.3 Å². The van der Waals surface area contributed by atoms with Crippen molar-refractivity contribution in [1.29, 1.82) is 0 Å². The number of anilines is 1. The highest BCUT2D eigenvalue weighted by Crippen LogP contribution is 2.35. The number of nitrogens with one attached hydrogen (secondary N) is 1. The van der Waals surface area contributed by atoms with Gasteiger partial charge in [0.05, 0.1) is 22.0 Å². The molecule has 2 aromatic heterocycles. The molecule has 3 aromatic rings. The zero-order chi connectivity index (χ0) is 18.4. The minimum Gasteiger partial charge on any atom is -0.297 e. The lowest BCUT2D eigenvalue weighted by Crippen LogP contribution is -2.09. The molecular formula is C13H5F6N3OS2. The van der Waals surface area contributed by atoms with Gasteiger partial charge < -0.3 is 0 Å². The second-order valence-corrected chi connectivity index (χ2v) is 6.74. The fourth-order valence-corrected chi connectivity index (χ4v) is 3.40. The standard InChI is InChI=1S/C13H5F6N3OS2/c14-12(15,16)5-1-2-6-7(3-5)25-11(21-6)22-9(23)8-4-20-10(24-8)13(17,18)19/h1-4H,(H,21,22,23). The lowest BCUT2D eigenvalue weighted by molar-refractivity contribution is -0.138. The van der Waals surface area contributed by atoms with Crippen LogP contribution in [0.2, 0.25) is 0 Å². The summed E-state index contributed by atoms with van der Waals surface area (Å²) >= 11 is 0.942. The average Bonchev–Trinajstić information content (AvgIpc) is 3.11. The van der Waals surface area contributed by atoms with E-state index in [0.717, 1.165) is 35.7 Å². The van der Waals surface area contributed by atoms with Gasteiger partial charge in [-0.15, -0.1) is 11.3 Å². The maximum absolute atomic E-state index is 12.7. The van der Waals surface area contributed by atoms with Crippen LogP contribution >= 0.6 is 22.7 Å². The van der Waals surface area contributed by atoms with Crippen LogP contribution < -0.4 is 5.32 Å². The van der Waals surface area contributed by atoms with Gasteiger partial charge in [0.25, 0.3) is 5.91 Å². The van der Waals surface area contributed by atoms with Gasteiger partial charge in [0.1, 0.15) is 4.88 Å². The Morgan fingerprint density at radius 2 is 1.76 bits per heavy atom. The van der Waals surface area contributed by atoms with Crippen LogP contribution in [0.4, 0.5) is 31.5 Å². The Bertz CT molecular complexity index is 943. The summed E-state index contributed by atoms with van der Waals surface area (Å²) in [4.78, 5) is 18.7. The van der Waals surface area contributed by atoms with Crippen LogP contribution in [0, 0.1) is 0 Å². The predicted molar refractivity (Wildman–Crippen MR) is 79.7 cm³/mol. The van der Waals surface area contributed by atoms with Crippen LogP contribution in [0.25, 0.3) is 10.2 Å². The number of hydrogen-bond acceptors (Lipinski definition) is 5. The lowest BCUT2D eigenvalue weighted by atomic mass is 10.2. The Morgan fingerprint density at radius 1 is 1.04 bits per heavy atom. The number of thiazole rings is 2. The molecule has 0 saturated carbocycles. The first-order chi connectivity index (χ1) is 11.5. The highest BCUT2D eigenvalue weighted by Gasteiger charge is 2.35. The van der Waals surface area contributed by atoms with Gasteiger partial charge in [0.2, 0.25) is 0 Å². The van der Waals surface area contributed by atoms with Gasteiger partial charge in [0, 0.05) is 0 Å². The van der Waals surface area contributed by atoms with Crippen molar-refractivity contribution >= 4 is 43.9 Å². The number of carbonyl (C=O) groups is 1. The molecule has 25 heavy (non-hydrogen) atoms. The molecule has 1 aromatic carbocycles. The minimum absolute atomic E-state index is 0.0266. The summed E-state index contributed by atoms with van der Waals surface area (Å²) in [7, 11) is 0. The van der Waals surface area contributed by atoms with Crippen molar-refractivity contribution in [2.24, 2.45) is 0 Å². The Morgan fingerprint density at radius 3 is 2.36 bits per heavy atom. The van der Waals surface area contributed by atoms with Crippen LogP contribution in [-0.4, -0.2) is 15.9 Å². The average molecular weight is 397 g/mol. The normalized spacial score (nSPS) is 12.6. The molecule has 132 valence electrons. The van der Waals surface area contributed by atoms with Crippen molar-refractivity contribution in [2.75, 3.05) is 5.32 Å². The molecule has 2 heterocycles. The van der Waals surface area contributed by atoms with Crippen molar-refractivity contribution in [2.45, 2.75) is 12.4 Å². The second kappa shape index (κ2) is 5.95. The number of carbonyl (C=O) groups excluding carboxylic acids is 1. The molecule has 0 spiro atoms. The van der Waals surface area contributed by atoms with Gasteiger partial charge in [-0.25, -0.2) is 9.97 Å². The smallest absolute Gasteiger partial charge is 0.297 e. The maximum atomic E-state index is 12.7. The molecule has 0 unspecified atom stereocenters. The molecule has 0 bridgehead atoms. The fraction of sp³-hybridized carbons (Fsp3) is 0.154. The number of nitrogens with zero attached hydrogens (tertiary/aromatic N) is 2. The first-order valence-electron chi connectivity index (χ1n) is 6.36. The van der Waals surface area contributed by atoms with Gasteiger partial charge in [-0.3, -0.25) is 10.1 Å². The van der Waals surface area contributed by atoms with Crippen molar-refractivity contribution < 1.29 is 31.1 Å². The summed E-state index contributed by atoms with van der Waals surface area (Å²) in [5.74, 6) is -0.872. The molecule has 1 amide bonds. The molecule has 0 saturated heterocycles. The maximum Gasteiger partial charge on any atom is 0.443 e. The van der Waals surface area contributed by atoms with Crippen molar-refractivity contribution in [3.63, 3.8) is 0 Å². The van der Waals surface area contributed by atoms with E-state index in [4.69, 9.17) is 0 Å². The first-order valence-corrected chi connectivity index (χ1v) is 7.99. The summed E-state index contributed by atoms with van der Waals surface area (Å²) in [5, 5.41) is 1.06. The number of rotatable bonds is 2. The highest BCUT2D eigenvalue weighted by molar-refractivity contribution is 7.22. The minimum atomic E-state index is -4.66. The largest absolute Gasteiger partial charge is 0.443 e. The molecule has 0 aliphatic carbocycles. The summed E-state index contributed by atoms with van der Waals surface area (Å²) in [6, 6.07) is 2.89. The van der Waals surface area contributed by atoms with Gasteiger partial charge in [-0.05, 0) is 18.2 Å². The summed E-state index contributed by atoms with van der Waals surface area (Å²) < 4.78 is 75.6. The molecule has 3 rings (SSSR count). The third-order valence-corrected chi connectivity index (χ3v) is 4.88. The quantitative estimate of drug-likeness (QED) is 0.617. The Balaban J connectivity index is 1.83. The third-order valence-electron chi connectivity index (χ3n) is 2.91. The summed E-state index contributed by atoms with van der Waals surface area (Å²) in [5.41, 5.74) is -0.632. The van der Waals surface area contributed by atoms with Crippen LogP contribution in [0.1, 0.15) is 20.2 Å². The van der Waals surface area contributed by atoms with E-state index in [9.17, 15) is 31.1 Å². The topological polar surface area (TPSA) is 54.9 Å². The molecule has 0 aliphatic rings. The zero-order valence-corrected chi connectivity index (χ0v) is 13.3. The van der Waals surface area contributed by atoms with E-state index < -0.39 is 28.8 Å². The first kappa shape index (κ1) is 17.6. The van der Waals surface area contributed by atoms with Crippen molar-refractivity contribution in [3.8, 4) is 0 Å². The SMILES string of the molecule is O=C(Nc1nc2ccc(C(F)(F)F)cc2s1)c1cnc(C(F)(F)F)s1. The molecule has 12 heteroatoms. The number of fused-ring (bicyclic) bond motifs is 1. The van der Waals surface area contributed by atoms with E-state index in [1.54, 1.807) is 0 Å². The van der Waals surface area contributed by atoms with E-state index in [0.29, 0.717) is 0 Å². The van der Waals surface area contributed by atoms with Crippen LogP contribution in [0.15, 0.2) is 24.4 Å². The van der Waals surface area contributed by atoms with Crippen molar-refractivity contribution in [3.05, 3.63) is 39.8 Å². The summed E-state index contributed by atoms with van der Waals surface area (Å²) in [6.45, 7) is 0. The summed E-state index contributed by atoms with van der Waals surface area (Å²) in [6.07, 6.45) is -8.40. The molecule has 4 nitrogen and oxygen atoms in total. The van der Waals surface area contributed by atoms with Gasteiger partial charge in [-0.2, -0.15) is 26.3 Å². The number of alkyl halides is 6. The second-order valence-electron chi connectivity index (χ2n) is 4.68. The van der Waals surface area contributed by atoms with E-state index in [1.165, 1.54) is 0 Å².